The molecule has 0 bridgehead atoms. The first-order valence-corrected chi connectivity index (χ1v) is 6.19. The van der Waals surface area contributed by atoms with E-state index in [0.29, 0.717) is 0 Å². The Morgan fingerprint density at radius 2 is 1.84 bits per heavy atom. The number of ether oxygens (including phenoxy) is 1. The van der Waals surface area contributed by atoms with Crippen LogP contribution in [0.15, 0.2) is 61.2 Å². The van der Waals surface area contributed by atoms with Gasteiger partial charge in [-0.2, -0.15) is 0 Å². The Kier molecular flexibility index (Phi) is 2.84. The minimum atomic E-state index is 0.864. The van der Waals surface area contributed by atoms with Crippen LogP contribution in [0.3, 0.4) is 0 Å². The van der Waals surface area contributed by atoms with E-state index in [4.69, 9.17) is 4.74 Å². The van der Waals surface area contributed by atoms with Gasteiger partial charge < -0.3 is 9.72 Å². The quantitative estimate of drug-likeness (QED) is 0.738. The van der Waals surface area contributed by atoms with Gasteiger partial charge in [-0.3, -0.25) is 0 Å². The highest BCUT2D eigenvalue weighted by Gasteiger charge is 2.06. The lowest BCUT2D eigenvalue weighted by atomic mass is 10.1. The van der Waals surface area contributed by atoms with Crippen LogP contribution in [0, 0.1) is 0 Å². The van der Waals surface area contributed by atoms with E-state index in [0.717, 1.165) is 33.5 Å². The maximum Gasteiger partial charge on any atom is 0.119 e. The summed E-state index contributed by atoms with van der Waals surface area (Å²) in [5, 5.41) is 1.13. The lowest BCUT2D eigenvalue weighted by Gasteiger charge is -2.02. The molecule has 0 spiro atoms. The zero-order valence-electron chi connectivity index (χ0n) is 10.8. The van der Waals surface area contributed by atoms with Gasteiger partial charge >= 0.3 is 0 Å². The highest BCUT2D eigenvalue weighted by Crippen LogP contribution is 2.27. The normalized spacial score (nSPS) is 10.6. The number of hydrogen-bond donors (Lipinski definition) is 1. The van der Waals surface area contributed by atoms with Gasteiger partial charge in [-0.25, -0.2) is 0 Å². The first kappa shape index (κ1) is 11.6. The van der Waals surface area contributed by atoms with Gasteiger partial charge in [0.2, 0.25) is 0 Å². The van der Waals surface area contributed by atoms with Crippen LogP contribution in [0.1, 0.15) is 11.3 Å². The first-order valence-electron chi connectivity index (χ1n) is 6.19. The fourth-order valence-electron chi connectivity index (χ4n) is 2.20. The molecule has 0 atom stereocenters. The Balaban J connectivity index is 2.04. The molecular formula is C17H15NO. The molecule has 3 aromatic rings. The van der Waals surface area contributed by atoms with Gasteiger partial charge in [-0.1, -0.05) is 36.9 Å². The molecule has 0 aliphatic heterocycles. The van der Waals surface area contributed by atoms with E-state index in [-0.39, 0.29) is 0 Å². The van der Waals surface area contributed by atoms with Gasteiger partial charge in [-0.15, -0.1) is 0 Å². The number of rotatable bonds is 3. The van der Waals surface area contributed by atoms with E-state index < -0.39 is 0 Å². The molecule has 0 aliphatic rings. The molecule has 0 amide bonds. The maximum absolute atomic E-state index is 5.24. The van der Waals surface area contributed by atoms with Crippen molar-refractivity contribution < 1.29 is 4.74 Å². The van der Waals surface area contributed by atoms with E-state index in [1.54, 1.807) is 7.11 Å². The lowest BCUT2D eigenvalue weighted by molar-refractivity contribution is 0.415. The van der Waals surface area contributed by atoms with Crippen molar-refractivity contribution in [1.29, 1.82) is 0 Å². The topological polar surface area (TPSA) is 25.0 Å². The van der Waals surface area contributed by atoms with E-state index in [1.807, 2.05) is 36.4 Å². The molecule has 1 heterocycles. The van der Waals surface area contributed by atoms with Gasteiger partial charge in [0.05, 0.1) is 7.11 Å². The van der Waals surface area contributed by atoms with Gasteiger partial charge in [0.25, 0.3) is 0 Å². The third-order valence-corrected chi connectivity index (χ3v) is 3.28. The molecule has 2 heteroatoms. The zero-order valence-corrected chi connectivity index (χ0v) is 10.8. The Labute approximate surface area is 112 Å². The van der Waals surface area contributed by atoms with Crippen LogP contribution < -0.4 is 4.74 Å². The molecule has 2 nitrogen and oxygen atoms in total. The van der Waals surface area contributed by atoms with Crippen molar-refractivity contribution in [2.75, 3.05) is 7.11 Å². The molecule has 1 aromatic heterocycles. The first-order chi connectivity index (χ1) is 9.28. The van der Waals surface area contributed by atoms with Gasteiger partial charge in [0.15, 0.2) is 0 Å². The second kappa shape index (κ2) is 4.65. The second-order valence-electron chi connectivity index (χ2n) is 4.48. The molecule has 3 rings (SSSR count). The van der Waals surface area contributed by atoms with E-state index in [9.17, 15) is 0 Å². The largest absolute Gasteiger partial charge is 0.497 e. The van der Waals surface area contributed by atoms with E-state index in [1.165, 1.54) is 0 Å². The number of methoxy groups -OCH3 is 1. The highest BCUT2D eigenvalue weighted by molar-refractivity contribution is 5.88. The fourth-order valence-corrected chi connectivity index (χ4v) is 2.20. The van der Waals surface area contributed by atoms with Crippen LogP contribution in [0.4, 0.5) is 0 Å². The number of aromatic amines is 1. The molecular weight excluding hydrogens is 234 g/mol. The second-order valence-corrected chi connectivity index (χ2v) is 4.48. The summed E-state index contributed by atoms with van der Waals surface area (Å²) in [7, 11) is 1.68. The summed E-state index contributed by atoms with van der Waals surface area (Å²) in [5.41, 5.74) is 4.25. The Hall–Kier alpha value is -2.48. The Bertz CT molecular complexity index is 725. The van der Waals surface area contributed by atoms with Crippen LogP contribution >= 0.6 is 0 Å². The van der Waals surface area contributed by atoms with E-state index in [2.05, 4.69) is 29.8 Å². The van der Waals surface area contributed by atoms with Crippen LogP contribution in [-0.4, -0.2) is 12.1 Å². The number of fused-ring (bicyclic) bond motifs is 1. The molecule has 1 N–H and O–H groups in total. The number of aromatic nitrogens is 1. The lowest BCUT2D eigenvalue weighted by Crippen LogP contribution is -1.84. The van der Waals surface area contributed by atoms with Crippen LogP contribution in [0.5, 0.6) is 5.75 Å². The summed E-state index contributed by atoms with van der Waals surface area (Å²) >= 11 is 0. The van der Waals surface area contributed by atoms with Crippen LogP contribution in [0.2, 0.25) is 0 Å². The molecule has 19 heavy (non-hydrogen) atoms. The Morgan fingerprint density at radius 1 is 1.05 bits per heavy atom. The number of H-pyrrole nitrogens is 1. The highest BCUT2D eigenvalue weighted by atomic mass is 16.5. The predicted molar refractivity (Wildman–Crippen MR) is 79.4 cm³/mol. The van der Waals surface area contributed by atoms with Crippen molar-refractivity contribution in [3.8, 4) is 5.75 Å². The summed E-state index contributed by atoms with van der Waals surface area (Å²) in [6.07, 6.45) is 0. The third-order valence-electron chi connectivity index (χ3n) is 3.28. The van der Waals surface area contributed by atoms with Gasteiger partial charge in [0.1, 0.15) is 5.75 Å². The molecule has 2 aromatic carbocycles. The zero-order chi connectivity index (χ0) is 13.2. The summed E-state index contributed by atoms with van der Waals surface area (Å²) in [5.74, 6) is 0.864. The van der Waals surface area contributed by atoms with Gasteiger partial charge in [-0.05, 0) is 35.4 Å². The monoisotopic (exact) mass is 249 g/mol. The standard InChI is InChI=1S/C17H15NO/c1-12(13-6-4-3-5-7-13)17-11-14-10-15(19-2)8-9-16(14)18-17/h3-11,18H,1H2,2H3. The number of benzene rings is 2. The molecule has 0 saturated carbocycles. The summed E-state index contributed by atoms with van der Waals surface area (Å²) in [6.45, 7) is 4.17. The van der Waals surface area contributed by atoms with Crippen molar-refractivity contribution in [3.63, 3.8) is 0 Å². The van der Waals surface area contributed by atoms with Crippen molar-refractivity contribution in [2.24, 2.45) is 0 Å². The van der Waals surface area contributed by atoms with Crippen molar-refractivity contribution >= 4 is 16.5 Å². The van der Waals surface area contributed by atoms with Gasteiger partial charge in [0, 0.05) is 16.6 Å². The molecule has 0 radical (unpaired) electrons. The molecule has 0 unspecified atom stereocenters. The van der Waals surface area contributed by atoms with E-state index >= 15 is 0 Å². The van der Waals surface area contributed by atoms with Crippen molar-refractivity contribution in [2.45, 2.75) is 0 Å². The Morgan fingerprint density at radius 3 is 2.58 bits per heavy atom. The molecule has 94 valence electrons. The molecule has 0 fully saturated rings. The minimum Gasteiger partial charge on any atom is -0.497 e. The SMILES string of the molecule is C=C(c1ccccc1)c1cc2cc(OC)ccc2[nH]1. The molecule has 0 aliphatic carbocycles. The minimum absolute atomic E-state index is 0.864. The third kappa shape index (κ3) is 2.13. The number of hydrogen-bond acceptors (Lipinski definition) is 1. The summed E-state index contributed by atoms with van der Waals surface area (Å²) < 4.78 is 5.24. The average molecular weight is 249 g/mol. The summed E-state index contributed by atoms with van der Waals surface area (Å²) in [6, 6.07) is 18.3. The van der Waals surface area contributed by atoms with Crippen LogP contribution in [-0.2, 0) is 0 Å². The van der Waals surface area contributed by atoms with Crippen molar-refractivity contribution in [1.82, 2.24) is 4.98 Å². The maximum atomic E-state index is 5.24. The predicted octanol–water partition coefficient (Wildman–Crippen LogP) is 4.24. The summed E-state index contributed by atoms with van der Waals surface area (Å²) in [4.78, 5) is 3.39. The number of nitrogens with one attached hydrogen (secondary N) is 1. The molecule has 0 saturated heterocycles. The van der Waals surface area contributed by atoms with Crippen LogP contribution in [0.25, 0.3) is 16.5 Å². The smallest absolute Gasteiger partial charge is 0.119 e. The average Bonchev–Trinajstić information content (AvgIpc) is 2.90. The fraction of sp³-hybridized carbons (Fsp3) is 0.0588. The van der Waals surface area contributed by atoms with Crippen molar-refractivity contribution in [3.05, 3.63) is 72.4 Å².